The summed E-state index contributed by atoms with van der Waals surface area (Å²) < 4.78 is 12.9. The molecule has 0 radical (unpaired) electrons. The Kier molecular flexibility index (Phi) is 5.91. The number of halogens is 1. The number of nitrogens with zero attached hydrogens (tertiary/aromatic N) is 2. The van der Waals surface area contributed by atoms with Gasteiger partial charge in [0.05, 0.1) is 0 Å². The quantitative estimate of drug-likeness (QED) is 0.812. The molecule has 5 nitrogen and oxygen atoms in total. The normalized spacial score (nSPS) is 22.7. The van der Waals surface area contributed by atoms with Crippen molar-refractivity contribution in [2.24, 2.45) is 11.1 Å². The van der Waals surface area contributed by atoms with Gasteiger partial charge in [0.2, 0.25) is 0 Å². The van der Waals surface area contributed by atoms with E-state index >= 15 is 0 Å². The van der Waals surface area contributed by atoms with Crippen molar-refractivity contribution >= 4 is 11.6 Å². The molecule has 1 aromatic carbocycles. The van der Waals surface area contributed by atoms with Crippen molar-refractivity contribution in [2.75, 3.05) is 19.6 Å². The number of nitrogens with one attached hydrogen (secondary N) is 1. The van der Waals surface area contributed by atoms with Crippen LogP contribution in [0.5, 0.6) is 0 Å². The monoisotopic (exact) mass is 361 g/mol. The van der Waals surface area contributed by atoms with E-state index in [1.807, 2.05) is 0 Å². The Morgan fingerprint density at radius 1 is 1.35 bits per heavy atom. The zero-order chi connectivity index (χ0) is 18.6. The van der Waals surface area contributed by atoms with E-state index in [-0.39, 0.29) is 17.3 Å². The van der Waals surface area contributed by atoms with Crippen molar-refractivity contribution in [3.63, 3.8) is 0 Å². The molecule has 1 aromatic rings. The molecule has 0 saturated carbocycles. The van der Waals surface area contributed by atoms with Gasteiger partial charge in [0.25, 0.3) is 5.91 Å². The molecule has 0 aromatic heterocycles. The Morgan fingerprint density at radius 3 is 2.77 bits per heavy atom. The molecule has 1 atom stereocenters. The highest BCUT2D eigenvalue weighted by Crippen LogP contribution is 2.34. The Balaban J connectivity index is 1.48. The van der Waals surface area contributed by atoms with Crippen LogP contribution in [0.2, 0.25) is 0 Å². The van der Waals surface area contributed by atoms with Gasteiger partial charge in [0, 0.05) is 39.0 Å². The van der Waals surface area contributed by atoms with E-state index in [4.69, 9.17) is 4.84 Å². The molecule has 1 amide bonds. The second kappa shape index (κ2) is 8.16. The molecule has 1 fully saturated rings. The smallest absolute Gasteiger partial charge is 0.269 e. The number of amides is 1. The zero-order valence-corrected chi connectivity index (χ0v) is 15.6. The largest absolute Gasteiger partial charge is 0.387 e. The van der Waals surface area contributed by atoms with Crippen molar-refractivity contribution < 1.29 is 14.0 Å². The highest BCUT2D eigenvalue weighted by molar-refractivity contribution is 6.39. The lowest BCUT2D eigenvalue weighted by Gasteiger charge is -2.24. The minimum atomic E-state index is -0.339. The van der Waals surface area contributed by atoms with Gasteiger partial charge in [-0.25, -0.2) is 4.39 Å². The minimum absolute atomic E-state index is 0.204. The SMILES string of the molecule is CCC(CC)CN1CC[C@]2(CC(C(=O)NCc3ccc(F)cc3)=NO2)C1. The summed E-state index contributed by atoms with van der Waals surface area (Å²) in [5.74, 6) is 0.227. The van der Waals surface area contributed by atoms with Gasteiger partial charge in [-0.15, -0.1) is 0 Å². The van der Waals surface area contributed by atoms with Gasteiger partial charge in [-0.2, -0.15) is 0 Å². The van der Waals surface area contributed by atoms with E-state index < -0.39 is 0 Å². The van der Waals surface area contributed by atoms with E-state index in [1.165, 1.54) is 25.0 Å². The molecule has 2 aliphatic heterocycles. The first-order valence-corrected chi connectivity index (χ1v) is 9.53. The number of carbonyl (C=O) groups excluding carboxylic acids is 1. The van der Waals surface area contributed by atoms with Crippen LogP contribution < -0.4 is 5.32 Å². The summed E-state index contributed by atoms with van der Waals surface area (Å²) >= 11 is 0. The Morgan fingerprint density at radius 2 is 2.08 bits per heavy atom. The van der Waals surface area contributed by atoms with Crippen molar-refractivity contribution in [3.8, 4) is 0 Å². The first-order chi connectivity index (χ1) is 12.5. The summed E-state index contributed by atoms with van der Waals surface area (Å²) in [6, 6.07) is 6.10. The number of benzene rings is 1. The Hall–Kier alpha value is -1.95. The van der Waals surface area contributed by atoms with Gasteiger partial charge in [0.1, 0.15) is 11.5 Å². The summed E-state index contributed by atoms with van der Waals surface area (Å²) in [5.41, 5.74) is 0.969. The number of oxime groups is 1. The maximum absolute atomic E-state index is 12.9. The molecular formula is C20H28FN3O2. The summed E-state index contributed by atoms with van der Waals surface area (Å²) in [7, 11) is 0. The molecule has 1 saturated heterocycles. The van der Waals surface area contributed by atoms with Crippen LogP contribution >= 0.6 is 0 Å². The van der Waals surface area contributed by atoms with E-state index in [2.05, 4.69) is 29.2 Å². The zero-order valence-electron chi connectivity index (χ0n) is 15.6. The van der Waals surface area contributed by atoms with Crippen LogP contribution in [-0.2, 0) is 16.2 Å². The molecule has 0 bridgehead atoms. The maximum atomic E-state index is 12.9. The van der Waals surface area contributed by atoms with Gasteiger partial charge in [-0.3, -0.25) is 9.69 Å². The molecule has 0 aliphatic carbocycles. The van der Waals surface area contributed by atoms with Crippen molar-refractivity contribution in [2.45, 2.75) is 51.7 Å². The average Bonchev–Trinajstić information content (AvgIpc) is 3.26. The number of rotatable bonds is 7. The number of carbonyl (C=O) groups is 1. The van der Waals surface area contributed by atoms with Crippen molar-refractivity contribution in [3.05, 3.63) is 35.6 Å². The highest BCUT2D eigenvalue weighted by atomic mass is 19.1. The number of hydrogen-bond donors (Lipinski definition) is 1. The first kappa shape index (κ1) is 18.8. The van der Waals surface area contributed by atoms with E-state index in [9.17, 15) is 9.18 Å². The van der Waals surface area contributed by atoms with Crippen molar-refractivity contribution in [1.82, 2.24) is 10.2 Å². The summed E-state index contributed by atoms with van der Waals surface area (Å²) in [6.45, 7) is 7.74. The summed E-state index contributed by atoms with van der Waals surface area (Å²) in [6.07, 6.45) is 3.84. The van der Waals surface area contributed by atoms with Crippen molar-refractivity contribution in [1.29, 1.82) is 0 Å². The maximum Gasteiger partial charge on any atom is 0.269 e. The number of hydrogen-bond acceptors (Lipinski definition) is 4. The third-order valence-corrected chi connectivity index (χ3v) is 5.53. The van der Waals surface area contributed by atoms with Crippen LogP contribution in [-0.4, -0.2) is 41.8 Å². The molecule has 142 valence electrons. The minimum Gasteiger partial charge on any atom is -0.387 e. The van der Waals surface area contributed by atoms with E-state index in [0.717, 1.165) is 31.6 Å². The molecule has 2 heterocycles. The van der Waals surface area contributed by atoms with Crippen LogP contribution in [0.25, 0.3) is 0 Å². The molecular weight excluding hydrogens is 333 g/mol. The second-order valence-corrected chi connectivity index (χ2v) is 7.47. The molecule has 1 spiro atoms. The molecule has 2 aliphatic rings. The molecule has 3 rings (SSSR count). The second-order valence-electron chi connectivity index (χ2n) is 7.47. The molecule has 1 N–H and O–H groups in total. The van der Waals surface area contributed by atoms with Gasteiger partial charge < -0.3 is 10.2 Å². The predicted molar refractivity (Wildman–Crippen MR) is 99.2 cm³/mol. The van der Waals surface area contributed by atoms with E-state index in [0.29, 0.717) is 24.6 Å². The standard InChI is InChI=1S/C20H28FN3O2/c1-3-15(4-2)13-24-10-9-20(14-24)11-18(23-26-20)19(25)22-12-16-5-7-17(21)8-6-16/h5-8,15H,3-4,9-14H2,1-2H3,(H,22,25)/t20-/m0/s1. The van der Waals surface area contributed by atoms with Crippen LogP contribution in [0.3, 0.4) is 0 Å². The average molecular weight is 361 g/mol. The van der Waals surface area contributed by atoms with Gasteiger partial charge in [0.15, 0.2) is 5.60 Å². The lowest BCUT2D eigenvalue weighted by molar-refractivity contribution is -0.115. The topological polar surface area (TPSA) is 53.9 Å². The fraction of sp³-hybridized carbons (Fsp3) is 0.600. The van der Waals surface area contributed by atoms with Crippen LogP contribution in [0, 0.1) is 11.7 Å². The third-order valence-electron chi connectivity index (χ3n) is 5.53. The van der Waals surface area contributed by atoms with Crippen LogP contribution in [0.1, 0.15) is 45.1 Å². The number of likely N-dealkylation sites (tertiary alicyclic amines) is 1. The molecule has 26 heavy (non-hydrogen) atoms. The fourth-order valence-corrected chi connectivity index (χ4v) is 3.74. The molecule has 0 unspecified atom stereocenters. The van der Waals surface area contributed by atoms with Gasteiger partial charge in [-0.1, -0.05) is 44.0 Å². The Bertz CT molecular complexity index is 658. The van der Waals surface area contributed by atoms with Crippen LogP contribution in [0.4, 0.5) is 4.39 Å². The lowest BCUT2D eigenvalue weighted by Crippen LogP contribution is -2.37. The van der Waals surface area contributed by atoms with Crippen LogP contribution in [0.15, 0.2) is 29.4 Å². The van der Waals surface area contributed by atoms with Gasteiger partial charge in [-0.05, 0) is 23.6 Å². The molecule has 6 heteroatoms. The predicted octanol–water partition coefficient (Wildman–Crippen LogP) is 3.10. The third kappa shape index (κ3) is 4.41. The summed E-state index contributed by atoms with van der Waals surface area (Å²) in [5, 5.41) is 6.91. The van der Waals surface area contributed by atoms with E-state index in [1.54, 1.807) is 12.1 Å². The summed E-state index contributed by atoms with van der Waals surface area (Å²) in [4.78, 5) is 20.5. The van der Waals surface area contributed by atoms with Gasteiger partial charge >= 0.3 is 0 Å². The first-order valence-electron chi connectivity index (χ1n) is 9.53. The fourth-order valence-electron chi connectivity index (χ4n) is 3.74. The lowest BCUT2D eigenvalue weighted by atomic mass is 9.96. The Labute approximate surface area is 154 Å². The highest BCUT2D eigenvalue weighted by Gasteiger charge is 2.46.